The van der Waals surface area contributed by atoms with Crippen LogP contribution in [0, 0.1) is 5.92 Å². The molecule has 0 aromatic rings. The van der Waals surface area contributed by atoms with Gasteiger partial charge in [-0.1, -0.05) is 46.0 Å². The number of unbranched alkanes of at least 4 members (excludes halogenated alkanes) is 4. The number of rotatable bonds is 18. The van der Waals surface area contributed by atoms with Crippen molar-refractivity contribution in [2.45, 2.75) is 195 Å². The predicted octanol–water partition coefficient (Wildman–Crippen LogP) is 8.37. The van der Waals surface area contributed by atoms with E-state index in [1.807, 2.05) is 13.8 Å². The Labute approximate surface area is 302 Å². The Bertz CT molecular complexity index is 1010. The van der Waals surface area contributed by atoms with Crippen LogP contribution in [0.25, 0.3) is 0 Å². The maximum absolute atomic E-state index is 14.1. The smallest absolute Gasteiger partial charge is 0.411 e. The number of ether oxygens (including phenoxy) is 4. The quantitative estimate of drug-likeness (QED) is 0.0620. The topological polar surface area (TPSA) is 165 Å². The first-order valence-electron chi connectivity index (χ1n) is 18.4. The van der Waals surface area contributed by atoms with Crippen LogP contribution >= 0.6 is 0 Å². The summed E-state index contributed by atoms with van der Waals surface area (Å²) in [5.74, 6) is -0.615. The van der Waals surface area contributed by atoms with Crippen LogP contribution in [-0.4, -0.2) is 81.8 Å². The zero-order chi connectivity index (χ0) is 39.0. The Morgan fingerprint density at radius 1 is 0.600 bits per heavy atom. The summed E-state index contributed by atoms with van der Waals surface area (Å²) in [6.07, 6.45) is 2.23. The number of nitrogens with zero attached hydrogens (tertiary/aromatic N) is 1. The van der Waals surface area contributed by atoms with E-state index in [-0.39, 0.29) is 13.2 Å². The lowest BCUT2D eigenvalue weighted by Gasteiger charge is -2.45. The van der Waals surface area contributed by atoms with Crippen LogP contribution in [-0.2, 0) is 18.9 Å². The third-order valence-electron chi connectivity index (χ3n) is 7.20. The molecule has 2 unspecified atom stereocenters. The number of carbonyl (C=O) groups is 4. The van der Waals surface area contributed by atoms with Crippen LogP contribution in [0.15, 0.2) is 0 Å². The number of hydrogen-bond donors (Lipinski definition) is 4. The van der Waals surface area contributed by atoms with Crippen molar-refractivity contribution in [3.63, 3.8) is 0 Å². The molecule has 0 bridgehead atoms. The van der Waals surface area contributed by atoms with E-state index < -0.39 is 64.5 Å². The number of carbonyl (C=O) groups excluding carboxylic acids is 4. The molecule has 0 aromatic heterocycles. The highest BCUT2D eigenvalue weighted by Crippen LogP contribution is 2.31. The molecule has 4 amide bonds. The second-order valence-electron chi connectivity index (χ2n) is 17.0. The van der Waals surface area contributed by atoms with Crippen molar-refractivity contribution in [1.29, 1.82) is 0 Å². The first-order chi connectivity index (χ1) is 22.8. The van der Waals surface area contributed by atoms with Crippen LogP contribution in [0.1, 0.15) is 161 Å². The first-order valence-corrected chi connectivity index (χ1v) is 18.4. The SMILES string of the molecule is CCCCC(NC(=O)OC(C)(C)C)(NC(=O)OC(C)(C)C)C(CCCCCCO)CN(C(=O)OC(C)(C)C)C(CCC)NC(=O)OC(C)(C)C. The van der Waals surface area contributed by atoms with Crippen molar-refractivity contribution < 1.29 is 43.2 Å². The van der Waals surface area contributed by atoms with E-state index in [1.165, 1.54) is 4.90 Å². The monoisotopic (exact) mass is 717 g/mol. The van der Waals surface area contributed by atoms with E-state index in [4.69, 9.17) is 18.9 Å². The summed E-state index contributed by atoms with van der Waals surface area (Å²) in [5, 5.41) is 18.3. The van der Waals surface area contributed by atoms with Crippen molar-refractivity contribution in [2.75, 3.05) is 13.2 Å². The van der Waals surface area contributed by atoms with Gasteiger partial charge >= 0.3 is 24.4 Å². The second kappa shape index (κ2) is 20.8. The minimum atomic E-state index is -1.44. The normalized spacial score (nSPS) is 13.8. The van der Waals surface area contributed by atoms with Gasteiger partial charge in [0.1, 0.15) is 34.2 Å². The molecule has 0 spiro atoms. The molecular weight excluding hydrogens is 644 g/mol. The van der Waals surface area contributed by atoms with Gasteiger partial charge in [-0.15, -0.1) is 0 Å². The van der Waals surface area contributed by atoms with E-state index in [1.54, 1.807) is 83.1 Å². The number of amides is 4. The molecule has 0 heterocycles. The molecule has 0 aliphatic carbocycles. The maximum atomic E-state index is 14.1. The van der Waals surface area contributed by atoms with Gasteiger partial charge < -0.3 is 29.4 Å². The Balaban J connectivity index is 7.46. The van der Waals surface area contributed by atoms with Crippen molar-refractivity contribution in [2.24, 2.45) is 5.92 Å². The van der Waals surface area contributed by atoms with Crippen molar-refractivity contribution in [3.8, 4) is 0 Å². The molecule has 0 aliphatic heterocycles. The van der Waals surface area contributed by atoms with Crippen LogP contribution in [0.3, 0.4) is 0 Å². The molecule has 294 valence electrons. The molecule has 0 radical (unpaired) electrons. The van der Waals surface area contributed by atoms with E-state index >= 15 is 0 Å². The largest absolute Gasteiger partial charge is 0.444 e. The molecule has 0 aromatic carbocycles. The van der Waals surface area contributed by atoms with Gasteiger partial charge in [0.05, 0.1) is 0 Å². The molecule has 0 saturated carbocycles. The number of hydrogen-bond acceptors (Lipinski definition) is 9. The van der Waals surface area contributed by atoms with Crippen LogP contribution in [0.2, 0.25) is 0 Å². The van der Waals surface area contributed by atoms with Gasteiger partial charge in [-0.2, -0.15) is 0 Å². The lowest BCUT2D eigenvalue weighted by molar-refractivity contribution is -0.00952. The summed E-state index contributed by atoms with van der Waals surface area (Å²) in [4.78, 5) is 55.9. The fourth-order valence-corrected chi connectivity index (χ4v) is 5.25. The Kier molecular flexibility index (Phi) is 19.6. The molecule has 2 atom stereocenters. The highest BCUT2D eigenvalue weighted by Gasteiger charge is 2.45. The molecule has 0 saturated heterocycles. The molecule has 13 nitrogen and oxygen atoms in total. The summed E-state index contributed by atoms with van der Waals surface area (Å²) < 4.78 is 22.9. The van der Waals surface area contributed by atoms with Crippen molar-refractivity contribution in [1.82, 2.24) is 20.9 Å². The summed E-state index contributed by atoms with van der Waals surface area (Å²) in [5.41, 5.74) is -4.75. The minimum absolute atomic E-state index is 0.0231. The summed E-state index contributed by atoms with van der Waals surface area (Å²) in [7, 11) is 0. The maximum Gasteiger partial charge on any atom is 0.411 e. The molecule has 4 N–H and O–H groups in total. The van der Waals surface area contributed by atoms with Gasteiger partial charge in [0, 0.05) is 19.1 Å². The fourth-order valence-electron chi connectivity index (χ4n) is 5.25. The van der Waals surface area contributed by atoms with Gasteiger partial charge in [-0.05, 0) is 115 Å². The molecular formula is C37H72N4O9. The average Bonchev–Trinajstić information content (AvgIpc) is 2.88. The molecule has 0 fully saturated rings. The van der Waals surface area contributed by atoms with Crippen LogP contribution in [0.4, 0.5) is 19.2 Å². The van der Waals surface area contributed by atoms with E-state index in [0.717, 1.165) is 19.3 Å². The number of alkyl carbamates (subject to hydrolysis) is 3. The van der Waals surface area contributed by atoms with E-state index in [2.05, 4.69) is 16.0 Å². The molecule has 0 rings (SSSR count). The van der Waals surface area contributed by atoms with E-state index in [9.17, 15) is 24.3 Å². The lowest BCUT2D eigenvalue weighted by atomic mass is 9.82. The standard InChI is InChI=1S/C37H72N4O9/c1-15-17-24-37(39-30(44)48-34(6,7)8,40-31(45)49-35(9,10)11)27(23-20-18-19-21-25-42)26-41(32(46)50-36(12,13)14)28(22-16-2)38-29(43)47-33(3,4)5/h27-28,42H,15-26H2,1-14H3,(H,38,43)(H,39,44)(H,40,45). The van der Waals surface area contributed by atoms with Crippen molar-refractivity contribution in [3.05, 3.63) is 0 Å². The van der Waals surface area contributed by atoms with Gasteiger partial charge in [0.15, 0.2) is 0 Å². The van der Waals surface area contributed by atoms with Gasteiger partial charge in [-0.3, -0.25) is 15.5 Å². The third-order valence-corrected chi connectivity index (χ3v) is 7.20. The van der Waals surface area contributed by atoms with Gasteiger partial charge in [-0.25, -0.2) is 19.2 Å². The lowest BCUT2D eigenvalue weighted by Crippen LogP contribution is -2.68. The summed E-state index contributed by atoms with van der Waals surface area (Å²) in [6, 6.07) is 0. The Morgan fingerprint density at radius 2 is 1.06 bits per heavy atom. The van der Waals surface area contributed by atoms with E-state index in [0.29, 0.717) is 44.9 Å². The number of aliphatic hydroxyl groups excluding tert-OH is 1. The fraction of sp³-hybridized carbons (Fsp3) is 0.892. The molecule has 13 heteroatoms. The zero-order valence-electron chi connectivity index (χ0n) is 33.8. The zero-order valence-corrected chi connectivity index (χ0v) is 33.8. The van der Waals surface area contributed by atoms with Crippen LogP contribution < -0.4 is 16.0 Å². The molecule has 0 aliphatic rings. The number of aliphatic hydroxyl groups is 1. The first kappa shape index (κ1) is 47.0. The summed E-state index contributed by atoms with van der Waals surface area (Å²) in [6.45, 7) is 25.1. The number of nitrogens with one attached hydrogen (secondary N) is 3. The minimum Gasteiger partial charge on any atom is -0.444 e. The Morgan fingerprint density at radius 3 is 1.48 bits per heavy atom. The summed E-state index contributed by atoms with van der Waals surface area (Å²) >= 11 is 0. The van der Waals surface area contributed by atoms with Crippen molar-refractivity contribution >= 4 is 24.4 Å². The average molecular weight is 717 g/mol. The third kappa shape index (κ3) is 21.3. The highest BCUT2D eigenvalue weighted by atomic mass is 16.6. The van der Waals surface area contributed by atoms with Gasteiger partial charge in [0.25, 0.3) is 0 Å². The highest BCUT2D eigenvalue weighted by molar-refractivity contribution is 5.73. The second-order valence-corrected chi connectivity index (χ2v) is 17.0. The predicted molar refractivity (Wildman–Crippen MR) is 196 cm³/mol. The molecule has 50 heavy (non-hydrogen) atoms. The van der Waals surface area contributed by atoms with Gasteiger partial charge in [0.2, 0.25) is 0 Å². The Hall–Kier alpha value is -2.96. The van der Waals surface area contributed by atoms with Crippen LogP contribution in [0.5, 0.6) is 0 Å².